The third kappa shape index (κ3) is 3.74. The zero-order valence-corrected chi connectivity index (χ0v) is 15.1. The van der Waals surface area contributed by atoms with Gasteiger partial charge in [-0.25, -0.2) is 12.7 Å². The molecule has 0 radical (unpaired) electrons. The van der Waals surface area contributed by atoms with E-state index >= 15 is 0 Å². The fraction of sp³-hybridized carbons (Fsp3) is 0.562. The molecule has 3 rings (SSSR count). The first-order valence-electron chi connectivity index (χ1n) is 7.93. The standard InChI is InChI=1S/C16H21ClN2O4S/c1-24(21,22)19-8-6-16(7-9-19)12-18(10-11-23-16)15(20)13-2-4-14(17)5-3-13/h2-5H,6-12H2,1H3. The maximum atomic E-state index is 12.7. The van der Waals surface area contributed by atoms with Crippen LogP contribution in [-0.2, 0) is 14.8 Å². The lowest BCUT2D eigenvalue weighted by molar-refractivity contribution is -0.120. The van der Waals surface area contributed by atoms with Crippen LogP contribution < -0.4 is 0 Å². The van der Waals surface area contributed by atoms with Crippen LogP contribution in [0.4, 0.5) is 0 Å². The van der Waals surface area contributed by atoms with E-state index in [4.69, 9.17) is 16.3 Å². The van der Waals surface area contributed by atoms with Gasteiger partial charge in [0.2, 0.25) is 10.0 Å². The molecule has 0 saturated carbocycles. The van der Waals surface area contributed by atoms with Gasteiger partial charge >= 0.3 is 0 Å². The Morgan fingerprint density at radius 3 is 2.38 bits per heavy atom. The van der Waals surface area contributed by atoms with Crippen molar-refractivity contribution in [3.05, 3.63) is 34.9 Å². The van der Waals surface area contributed by atoms with Gasteiger partial charge in [-0.15, -0.1) is 0 Å². The molecule has 8 heteroatoms. The van der Waals surface area contributed by atoms with Gasteiger partial charge in [-0.05, 0) is 37.1 Å². The number of piperidine rings is 1. The van der Waals surface area contributed by atoms with Crippen molar-refractivity contribution >= 4 is 27.5 Å². The number of hydrogen-bond acceptors (Lipinski definition) is 4. The van der Waals surface area contributed by atoms with Gasteiger partial charge in [0.25, 0.3) is 5.91 Å². The van der Waals surface area contributed by atoms with Crippen LogP contribution in [0.5, 0.6) is 0 Å². The molecule has 2 fully saturated rings. The Morgan fingerprint density at radius 1 is 1.17 bits per heavy atom. The van der Waals surface area contributed by atoms with Crippen LogP contribution >= 0.6 is 11.6 Å². The average molecular weight is 373 g/mol. The molecule has 6 nitrogen and oxygen atoms in total. The molecule has 2 saturated heterocycles. The maximum absolute atomic E-state index is 12.7. The predicted octanol–water partition coefficient (Wildman–Crippen LogP) is 1.61. The van der Waals surface area contributed by atoms with Crippen LogP contribution in [0, 0.1) is 0 Å². The molecule has 2 heterocycles. The van der Waals surface area contributed by atoms with Crippen LogP contribution in [-0.4, -0.2) is 68.2 Å². The molecular formula is C16H21ClN2O4S. The van der Waals surface area contributed by atoms with Gasteiger partial charge in [0.05, 0.1) is 25.0 Å². The van der Waals surface area contributed by atoms with E-state index in [1.807, 2.05) is 0 Å². The molecule has 0 unspecified atom stereocenters. The molecule has 0 aromatic heterocycles. The molecule has 0 aliphatic carbocycles. The van der Waals surface area contributed by atoms with Crippen molar-refractivity contribution < 1.29 is 17.9 Å². The van der Waals surface area contributed by atoms with Crippen LogP contribution in [0.3, 0.4) is 0 Å². The van der Waals surface area contributed by atoms with Crippen molar-refractivity contribution in [3.8, 4) is 0 Å². The van der Waals surface area contributed by atoms with Gasteiger partial charge in [0, 0.05) is 30.2 Å². The first-order valence-corrected chi connectivity index (χ1v) is 10.2. The molecule has 0 N–H and O–H groups in total. The smallest absolute Gasteiger partial charge is 0.254 e. The Bertz CT molecular complexity index is 712. The van der Waals surface area contributed by atoms with Gasteiger partial charge < -0.3 is 9.64 Å². The number of carbonyl (C=O) groups is 1. The summed E-state index contributed by atoms with van der Waals surface area (Å²) in [6, 6.07) is 6.85. The van der Waals surface area contributed by atoms with Crippen molar-refractivity contribution in [1.82, 2.24) is 9.21 Å². The van der Waals surface area contributed by atoms with E-state index in [0.717, 1.165) is 0 Å². The molecule has 0 atom stereocenters. The van der Waals surface area contributed by atoms with E-state index in [0.29, 0.717) is 56.2 Å². The number of sulfonamides is 1. The summed E-state index contributed by atoms with van der Waals surface area (Å²) >= 11 is 5.87. The number of carbonyl (C=O) groups excluding carboxylic acids is 1. The highest BCUT2D eigenvalue weighted by Gasteiger charge is 2.42. The van der Waals surface area contributed by atoms with Gasteiger partial charge in [0.1, 0.15) is 0 Å². The first-order chi connectivity index (χ1) is 11.3. The second kappa shape index (κ2) is 6.63. The lowest BCUT2D eigenvalue weighted by Gasteiger charge is -2.46. The normalized spacial score (nSPS) is 21.8. The second-order valence-corrected chi connectivity index (χ2v) is 8.85. The van der Waals surface area contributed by atoms with Gasteiger partial charge in [-0.1, -0.05) is 11.6 Å². The van der Waals surface area contributed by atoms with Crippen LogP contribution in [0.2, 0.25) is 5.02 Å². The number of nitrogens with zero attached hydrogens (tertiary/aromatic N) is 2. The van der Waals surface area contributed by atoms with Gasteiger partial charge in [-0.2, -0.15) is 0 Å². The summed E-state index contributed by atoms with van der Waals surface area (Å²) in [5.74, 6) is -0.0418. The van der Waals surface area contributed by atoms with E-state index in [2.05, 4.69) is 0 Å². The van der Waals surface area contributed by atoms with Crippen molar-refractivity contribution in [2.45, 2.75) is 18.4 Å². The highest BCUT2D eigenvalue weighted by molar-refractivity contribution is 7.88. The van der Waals surface area contributed by atoms with E-state index in [-0.39, 0.29) is 5.91 Å². The minimum Gasteiger partial charge on any atom is -0.371 e. The lowest BCUT2D eigenvalue weighted by atomic mass is 9.90. The fourth-order valence-corrected chi connectivity index (χ4v) is 4.29. The number of benzene rings is 1. The summed E-state index contributed by atoms with van der Waals surface area (Å²) < 4.78 is 30.7. The number of ether oxygens (including phenoxy) is 1. The minimum absolute atomic E-state index is 0.0418. The summed E-state index contributed by atoms with van der Waals surface area (Å²) in [7, 11) is -3.17. The van der Waals surface area contributed by atoms with E-state index < -0.39 is 15.6 Å². The maximum Gasteiger partial charge on any atom is 0.254 e. The summed E-state index contributed by atoms with van der Waals surface area (Å²) in [6.45, 7) is 2.37. The highest BCUT2D eigenvalue weighted by Crippen LogP contribution is 2.31. The van der Waals surface area contributed by atoms with Crippen molar-refractivity contribution in [1.29, 1.82) is 0 Å². The summed E-state index contributed by atoms with van der Waals surface area (Å²) in [6.07, 6.45) is 2.43. The number of hydrogen-bond donors (Lipinski definition) is 0. The number of amides is 1. The van der Waals surface area contributed by atoms with Gasteiger partial charge in [0.15, 0.2) is 0 Å². The van der Waals surface area contributed by atoms with Crippen molar-refractivity contribution in [2.24, 2.45) is 0 Å². The second-order valence-electron chi connectivity index (χ2n) is 6.43. The monoisotopic (exact) mass is 372 g/mol. The summed E-state index contributed by atoms with van der Waals surface area (Å²) in [4.78, 5) is 14.5. The zero-order chi connectivity index (χ0) is 17.4. The zero-order valence-electron chi connectivity index (χ0n) is 13.6. The quantitative estimate of drug-likeness (QED) is 0.791. The lowest BCUT2D eigenvalue weighted by Crippen LogP contribution is -2.58. The first kappa shape index (κ1) is 17.7. The van der Waals surface area contributed by atoms with E-state index in [9.17, 15) is 13.2 Å². The van der Waals surface area contributed by atoms with Crippen molar-refractivity contribution in [3.63, 3.8) is 0 Å². The molecule has 2 aliphatic rings. The van der Waals surface area contributed by atoms with Crippen LogP contribution in [0.1, 0.15) is 23.2 Å². The summed E-state index contributed by atoms with van der Waals surface area (Å²) in [5.41, 5.74) is 0.159. The molecule has 24 heavy (non-hydrogen) atoms. The Balaban J connectivity index is 1.69. The molecule has 2 aliphatic heterocycles. The molecule has 1 amide bonds. The third-order valence-corrected chi connectivity index (χ3v) is 6.28. The van der Waals surface area contributed by atoms with Crippen LogP contribution in [0.25, 0.3) is 0 Å². The summed E-state index contributed by atoms with van der Waals surface area (Å²) in [5, 5.41) is 0.596. The van der Waals surface area contributed by atoms with E-state index in [1.165, 1.54) is 10.6 Å². The molecule has 1 aromatic carbocycles. The molecule has 132 valence electrons. The van der Waals surface area contributed by atoms with Crippen molar-refractivity contribution in [2.75, 3.05) is 39.0 Å². The number of morpholine rings is 1. The highest BCUT2D eigenvalue weighted by atomic mass is 35.5. The average Bonchev–Trinajstić information content (AvgIpc) is 2.54. The molecular weight excluding hydrogens is 352 g/mol. The van der Waals surface area contributed by atoms with E-state index in [1.54, 1.807) is 29.2 Å². The Morgan fingerprint density at radius 2 is 1.79 bits per heavy atom. The Kier molecular flexibility index (Phi) is 4.88. The Hall–Kier alpha value is -1.15. The molecule has 0 bridgehead atoms. The minimum atomic E-state index is -3.17. The largest absolute Gasteiger partial charge is 0.371 e. The third-order valence-electron chi connectivity index (χ3n) is 4.73. The van der Waals surface area contributed by atoms with Crippen LogP contribution in [0.15, 0.2) is 24.3 Å². The number of halogens is 1. The Labute approximate surface area is 147 Å². The van der Waals surface area contributed by atoms with Gasteiger partial charge in [-0.3, -0.25) is 4.79 Å². The topological polar surface area (TPSA) is 66.9 Å². The SMILES string of the molecule is CS(=O)(=O)N1CCC2(CC1)CN(C(=O)c1ccc(Cl)cc1)CCO2. The number of rotatable bonds is 2. The fourth-order valence-electron chi connectivity index (χ4n) is 3.32. The predicted molar refractivity (Wildman–Crippen MR) is 91.7 cm³/mol. The molecule has 1 aromatic rings. The molecule has 1 spiro atoms.